The normalized spacial score (nSPS) is 11.2. The van der Waals surface area contributed by atoms with E-state index in [-0.39, 0.29) is 0 Å². The van der Waals surface area contributed by atoms with Crippen LogP contribution in [0, 0.1) is 11.6 Å². The fourth-order valence-electron chi connectivity index (χ4n) is 2.26. The van der Waals surface area contributed by atoms with Crippen LogP contribution in [0.3, 0.4) is 0 Å². The van der Waals surface area contributed by atoms with Crippen molar-refractivity contribution in [3.63, 3.8) is 0 Å². The standard InChI is InChI=1S/C15H9Cl2F2N/c16-10-5-14(17)13-1-2-20(15(13)6-10)8-9-3-11(18)7-12(19)4-9/h1-7H,8H2. The first-order chi connectivity index (χ1) is 9.52. The minimum atomic E-state index is -0.590. The zero-order valence-electron chi connectivity index (χ0n) is 10.2. The fourth-order valence-corrected chi connectivity index (χ4v) is 2.80. The number of benzene rings is 2. The van der Waals surface area contributed by atoms with Gasteiger partial charge in [0.05, 0.1) is 10.5 Å². The van der Waals surface area contributed by atoms with E-state index in [0.717, 1.165) is 17.0 Å². The van der Waals surface area contributed by atoms with Gasteiger partial charge in [0, 0.05) is 29.2 Å². The Kier molecular flexibility index (Phi) is 3.40. The van der Waals surface area contributed by atoms with Gasteiger partial charge in [-0.05, 0) is 35.9 Å². The van der Waals surface area contributed by atoms with Gasteiger partial charge in [0.25, 0.3) is 0 Å². The van der Waals surface area contributed by atoms with Gasteiger partial charge < -0.3 is 4.57 Å². The molecule has 0 unspecified atom stereocenters. The van der Waals surface area contributed by atoms with Crippen LogP contribution in [-0.2, 0) is 6.54 Å². The van der Waals surface area contributed by atoms with E-state index in [1.807, 2.05) is 16.8 Å². The van der Waals surface area contributed by atoms with Crippen molar-refractivity contribution in [3.05, 3.63) is 69.8 Å². The van der Waals surface area contributed by atoms with Gasteiger partial charge in [0.1, 0.15) is 11.6 Å². The van der Waals surface area contributed by atoms with Gasteiger partial charge in [0.15, 0.2) is 0 Å². The summed E-state index contributed by atoms with van der Waals surface area (Å²) >= 11 is 12.1. The Balaban J connectivity index is 2.07. The minimum Gasteiger partial charge on any atom is -0.343 e. The summed E-state index contributed by atoms with van der Waals surface area (Å²) in [5, 5.41) is 1.93. The molecule has 0 bridgehead atoms. The fraction of sp³-hybridized carbons (Fsp3) is 0.0667. The first-order valence-corrected chi connectivity index (χ1v) is 6.67. The van der Waals surface area contributed by atoms with Crippen LogP contribution in [-0.4, -0.2) is 4.57 Å². The van der Waals surface area contributed by atoms with Gasteiger partial charge in [-0.3, -0.25) is 0 Å². The largest absolute Gasteiger partial charge is 0.343 e. The van der Waals surface area contributed by atoms with Crippen LogP contribution in [0.4, 0.5) is 8.78 Å². The Labute approximate surface area is 124 Å². The second-order valence-electron chi connectivity index (χ2n) is 4.54. The quantitative estimate of drug-likeness (QED) is 0.607. The summed E-state index contributed by atoms with van der Waals surface area (Å²) in [5.74, 6) is -1.18. The van der Waals surface area contributed by atoms with Gasteiger partial charge in [-0.2, -0.15) is 0 Å². The van der Waals surface area contributed by atoms with Crippen molar-refractivity contribution in [3.8, 4) is 0 Å². The van der Waals surface area contributed by atoms with E-state index in [0.29, 0.717) is 22.2 Å². The zero-order valence-corrected chi connectivity index (χ0v) is 11.7. The Morgan fingerprint density at radius 1 is 0.950 bits per heavy atom. The van der Waals surface area contributed by atoms with Crippen LogP contribution in [0.1, 0.15) is 5.56 Å². The monoisotopic (exact) mass is 311 g/mol. The van der Waals surface area contributed by atoms with E-state index in [1.54, 1.807) is 12.1 Å². The lowest BCUT2D eigenvalue weighted by Gasteiger charge is -2.07. The van der Waals surface area contributed by atoms with E-state index in [1.165, 1.54) is 12.1 Å². The molecule has 2 aromatic carbocycles. The molecule has 1 heterocycles. The smallest absolute Gasteiger partial charge is 0.126 e. The Bertz CT molecular complexity index is 776. The average molecular weight is 312 g/mol. The highest BCUT2D eigenvalue weighted by Gasteiger charge is 2.08. The van der Waals surface area contributed by atoms with Crippen LogP contribution in [0.2, 0.25) is 10.0 Å². The molecule has 3 aromatic rings. The third-order valence-electron chi connectivity index (χ3n) is 3.08. The maximum Gasteiger partial charge on any atom is 0.126 e. The molecule has 0 saturated heterocycles. The average Bonchev–Trinajstić information content (AvgIpc) is 2.71. The molecule has 0 fully saturated rings. The molecule has 20 heavy (non-hydrogen) atoms. The predicted octanol–water partition coefficient (Wildman–Crippen LogP) is 5.27. The van der Waals surface area contributed by atoms with Crippen molar-refractivity contribution in [2.75, 3.05) is 0 Å². The summed E-state index contributed by atoms with van der Waals surface area (Å²) in [6, 6.07) is 8.76. The van der Waals surface area contributed by atoms with Crippen LogP contribution in [0.5, 0.6) is 0 Å². The highest BCUT2D eigenvalue weighted by Crippen LogP contribution is 2.29. The second-order valence-corrected chi connectivity index (χ2v) is 5.39. The lowest BCUT2D eigenvalue weighted by atomic mass is 10.2. The van der Waals surface area contributed by atoms with Gasteiger partial charge in [0.2, 0.25) is 0 Å². The number of aromatic nitrogens is 1. The molecule has 0 aliphatic carbocycles. The molecule has 5 heteroatoms. The first-order valence-electron chi connectivity index (χ1n) is 5.92. The summed E-state index contributed by atoms with van der Waals surface area (Å²) < 4.78 is 28.3. The van der Waals surface area contributed by atoms with Crippen molar-refractivity contribution in [2.24, 2.45) is 0 Å². The Morgan fingerprint density at radius 2 is 1.65 bits per heavy atom. The molecular formula is C15H9Cl2F2N. The molecule has 0 atom stereocenters. The maximum absolute atomic E-state index is 13.2. The first kappa shape index (κ1) is 13.4. The number of rotatable bonds is 2. The van der Waals surface area contributed by atoms with Gasteiger partial charge in [-0.15, -0.1) is 0 Å². The molecule has 1 nitrogen and oxygen atoms in total. The van der Waals surface area contributed by atoms with Crippen LogP contribution in [0.25, 0.3) is 10.9 Å². The van der Waals surface area contributed by atoms with Crippen molar-refractivity contribution in [1.82, 2.24) is 4.57 Å². The third kappa shape index (κ3) is 2.51. The SMILES string of the molecule is Fc1cc(F)cc(Cn2ccc3c(Cl)cc(Cl)cc32)c1. The molecular weight excluding hydrogens is 303 g/mol. The number of halogens is 4. The van der Waals surface area contributed by atoms with E-state index < -0.39 is 11.6 Å². The summed E-state index contributed by atoms with van der Waals surface area (Å²) in [6.45, 7) is 0.342. The van der Waals surface area contributed by atoms with Crippen molar-refractivity contribution >= 4 is 34.1 Å². The van der Waals surface area contributed by atoms with Crippen LogP contribution in [0.15, 0.2) is 42.6 Å². The van der Waals surface area contributed by atoms with Crippen LogP contribution < -0.4 is 0 Å². The highest BCUT2D eigenvalue weighted by atomic mass is 35.5. The van der Waals surface area contributed by atoms with Crippen molar-refractivity contribution < 1.29 is 8.78 Å². The minimum absolute atomic E-state index is 0.342. The van der Waals surface area contributed by atoms with Crippen molar-refractivity contribution in [2.45, 2.75) is 6.54 Å². The number of nitrogens with zero attached hydrogens (tertiary/aromatic N) is 1. The Hall–Kier alpha value is -1.58. The summed E-state index contributed by atoms with van der Waals surface area (Å²) in [6.07, 6.45) is 1.82. The lowest BCUT2D eigenvalue weighted by molar-refractivity contribution is 0.578. The van der Waals surface area contributed by atoms with Gasteiger partial charge in [-0.1, -0.05) is 23.2 Å². The summed E-state index contributed by atoms with van der Waals surface area (Å²) in [5.41, 5.74) is 1.36. The molecule has 0 spiro atoms. The molecule has 0 saturated carbocycles. The Morgan fingerprint density at radius 3 is 2.35 bits per heavy atom. The van der Waals surface area contributed by atoms with E-state index in [4.69, 9.17) is 23.2 Å². The third-order valence-corrected chi connectivity index (χ3v) is 3.61. The van der Waals surface area contributed by atoms with Gasteiger partial charge >= 0.3 is 0 Å². The lowest BCUT2D eigenvalue weighted by Crippen LogP contribution is -1.99. The molecule has 0 aliphatic rings. The predicted molar refractivity (Wildman–Crippen MR) is 77.4 cm³/mol. The second kappa shape index (κ2) is 5.08. The summed E-state index contributed by atoms with van der Waals surface area (Å²) in [4.78, 5) is 0. The van der Waals surface area contributed by atoms with Crippen molar-refractivity contribution in [1.29, 1.82) is 0 Å². The molecule has 0 amide bonds. The molecule has 3 rings (SSSR count). The summed E-state index contributed by atoms with van der Waals surface area (Å²) in [7, 11) is 0. The van der Waals surface area contributed by atoms with Crippen LogP contribution >= 0.6 is 23.2 Å². The number of fused-ring (bicyclic) bond motifs is 1. The van der Waals surface area contributed by atoms with E-state index >= 15 is 0 Å². The van der Waals surface area contributed by atoms with E-state index in [2.05, 4.69) is 0 Å². The van der Waals surface area contributed by atoms with Gasteiger partial charge in [-0.25, -0.2) is 8.78 Å². The molecule has 1 aromatic heterocycles. The zero-order chi connectivity index (χ0) is 14.3. The highest BCUT2D eigenvalue weighted by molar-refractivity contribution is 6.38. The number of hydrogen-bond acceptors (Lipinski definition) is 0. The molecule has 102 valence electrons. The topological polar surface area (TPSA) is 4.93 Å². The molecule has 0 radical (unpaired) electrons. The molecule has 0 N–H and O–H groups in total. The maximum atomic E-state index is 13.2. The van der Waals surface area contributed by atoms with E-state index in [9.17, 15) is 8.78 Å². The molecule has 0 aliphatic heterocycles. The number of hydrogen-bond donors (Lipinski definition) is 0.